The van der Waals surface area contributed by atoms with Crippen LogP contribution in [0.25, 0.3) is 0 Å². The molecule has 0 saturated heterocycles. The van der Waals surface area contributed by atoms with Gasteiger partial charge in [-0.25, -0.2) is 17.9 Å². The van der Waals surface area contributed by atoms with Crippen molar-refractivity contribution in [2.45, 2.75) is 4.90 Å². The quantitative estimate of drug-likeness (QED) is 0.470. The van der Waals surface area contributed by atoms with Gasteiger partial charge in [0.1, 0.15) is 0 Å². The molecule has 0 aromatic carbocycles. The van der Waals surface area contributed by atoms with Crippen LogP contribution < -0.4 is 21.3 Å². The zero-order chi connectivity index (χ0) is 12.9. The molecule has 0 saturated carbocycles. The van der Waals surface area contributed by atoms with E-state index < -0.39 is 16.1 Å². The Morgan fingerprint density at radius 2 is 2.06 bits per heavy atom. The third-order valence-electron chi connectivity index (χ3n) is 1.78. The summed E-state index contributed by atoms with van der Waals surface area (Å²) < 4.78 is 25.5. The summed E-state index contributed by atoms with van der Waals surface area (Å²) in [6.45, 7) is 0.0856. The number of hydrogen-bond acceptors (Lipinski definition) is 4. The molecular weight excluding hydrogens is 248 g/mol. The van der Waals surface area contributed by atoms with Crippen LogP contribution in [0.5, 0.6) is 0 Å². The molecule has 8 nitrogen and oxygen atoms in total. The fourth-order valence-electron chi connectivity index (χ4n) is 1.02. The number of primary amides is 1. The molecule has 9 heteroatoms. The molecular formula is C8H12N4O4S. The third-order valence-corrected chi connectivity index (χ3v) is 3.24. The van der Waals surface area contributed by atoms with Crippen molar-refractivity contribution in [1.29, 1.82) is 0 Å². The molecule has 0 aliphatic heterocycles. The van der Waals surface area contributed by atoms with E-state index in [4.69, 9.17) is 5.73 Å². The first kappa shape index (κ1) is 13.2. The second-order valence-corrected chi connectivity index (χ2v) is 4.84. The Morgan fingerprint density at radius 3 is 2.59 bits per heavy atom. The van der Waals surface area contributed by atoms with Crippen molar-refractivity contribution in [3.05, 3.63) is 28.7 Å². The highest BCUT2D eigenvalue weighted by Crippen LogP contribution is 2.02. The number of rotatable bonds is 5. The van der Waals surface area contributed by atoms with Gasteiger partial charge in [-0.15, -0.1) is 0 Å². The molecule has 0 fully saturated rings. The third kappa shape index (κ3) is 4.25. The number of nitrogens with two attached hydrogens (primary N) is 1. The Morgan fingerprint density at radius 1 is 1.35 bits per heavy atom. The minimum absolute atomic E-state index is 0.00436. The van der Waals surface area contributed by atoms with E-state index in [1.807, 2.05) is 0 Å². The van der Waals surface area contributed by atoms with E-state index in [9.17, 15) is 18.0 Å². The van der Waals surface area contributed by atoms with Crippen LogP contribution in [0.2, 0.25) is 0 Å². The van der Waals surface area contributed by atoms with Crippen molar-refractivity contribution in [3.63, 3.8) is 0 Å². The number of aromatic amines is 1. The fraction of sp³-hybridized carbons (Fsp3) is 0.250. The van der Waals surface area contributed by atoms with E-state index in [-0.39, 0.29) is 23.5 Å². The van der Waals surface area contributed by atoms with E-state index in [2.05, 4.69) is 15.0 Å². The maximum absolute atomic E-state index is 11.6. The van der Waals surface area contributed by atoms with E-state index in [0.717, 1.165) is 12.3 Å². The number of amides is 2. The van der Waals surface area contributed by atoms with Gasteiger partial charge in [-0.05, 0) is 6.07 Å². The van der Waals surface area contributed by atoms with Crippen molar-refractivity contribution in [3.8, 4) is 0 Å². The number of nitrogens with one attached hydrogen (secondary N) is 3. The SMILES string of the molecule is NC(=O)NCCNS(=O)(=O)c1ccc(=O)[nH]c1. The Bertz CT molecular complexity index is 530. The summed E-state index contributed by atoms with van der Waals surface area (Å²) in [5.74, 6) is 0. The second kappa shape index (κ2) is 5.46. The highest BCUT2D eigenvalue weighted by molar-refractivity contribution is 7.89. The Labute approximate surface area is 97.3 Å². The number of sulfonamides is 1. The summed E-state index contributed by atoms with van der Waals surface area (Å²) in [6, 6.07) is 1.56. The van der Waals surface area contributed by atoms with Gasteiger partial charge in [-0.1, -0.05) is 0 Å². The Hall–Kier alpha value is -1.87. The van der Waals surface area contributed by atoms with Gasteiger partial charge < -0.3 is 16.0 Å². The van der Waals surface area contributed by atoms with Crippen LogP contribution in [0.4, 0.5) is 4.79 Å². The fourth-order valence-corrected chi connectivity index (χ4v) is 2.02. The summed E-state index contributed by atoms with van der Waals surface area (Å²) in [4.78, 5) is 23.3. The van der Waals surface area contributed by atoms with Crippen molar-refractivity contribution in [2.75, 3.05) is 13.1 Å². The van der Waals surface area contributed by atoms with Crippen molar-refractivity contribution in [1.82, 2.24) is 15.0 Å². The average Bonchev–Trinajstić information content (AvgIpc) is 2.25. The zero-order valence-corrected chi connectivity index (χ0v) is 9.58. The van der Waals surface area contributed by atoms with Gasteiger partial charge in [-0.2, -0.15) is 0 Å². The molecule has 0 bridgehead atoms. The summed E-state index contributed by atoms with van der Waals surface area (Å²) in [7, 11) is -3.69. The second-order valence-electron chi connectivity index (χ2n) is 3.08. The monoisotopic (exact) mass is 260 g/mol. The number of H-pyrrole nitrogens is 1. The topological polar surface area (TPSA) is 134 Å². The molecule has 0 atom stereocenters. The summed E-state index contributed by atoms with van der Waals surface area (Å²) in [5, 5.41) is 2.23. The molecule has 1 heterocycles. The van der Waals surface area contributed by atoms with Crippen LogP contribution in [-0.2, 0) is 10.0 Å². The molecule has 1 rings (SSSR count). The maximum Gasteiger partial charge on any atom is 0.312 e. The Balaban J connectivity index is 2.60. The first-order valence-electron chi connectivity index (χ1n) is 4.63. The summed E-state index contributed by atoms with van der Waals surface area (Å²) in [5.41, 5.74) is 4.41. The molecule has 17 heavy (non-hydrogen) atoms. The minimum atomic E-state index is -3.69. The first-order valence-corrected chi connectivity index (χ1v) is 6.12. The molecule has 0 spiro atoms. The highest BCUT2D eigenvalue weighted by atomic mass is 32.2. The first-order chi connectivity index (χ1) is 7.92. The van der Waals surface area contributed by atoms with Gasteiger partial charge in [0.25, 0.3) is 0 Å². The van der Waals surface area contributed by atoms with Gasteiger partial charge in [0, 0.05) is 25.4 Å². The van der Waals surface area contributed by atoms with E-state index in [1.54, 1.807) is 0 Å². The number of hydrogen-bond donors (Lipinski definition) is 4. The molecule has 94 valence electrons. The predicted molar refractivity (Wildman–Crippen MR) is 59.8 cm³/mol. The summed E-state index contributed by atoms with van der Waals surface area (Å²) >= 11 is 0. The van der Waals surface area contributed by atoms with E-state index >= 15 is 0 Å². The van der Waals surface area contributed by atoms with Gasteiger partial charge >= 0.3 is 6.03 Å². The van der Waals surface area contributed by atoms with Gasteiger partial charge in [0.15, 0.2) is 0 Å². The Kier molecular flexibility index (Phi) is 4.24. The number of urea groups is 1. The van der Waals surface area contributed by atoms with Crippen molar-refractivity contribution in [2.24, 2.45) is 5.73 Å². The van der Waals surface area contributed by atoms with Gasteiger partial charge in [0.05, 0.1) is 4.90 Å². The zero-order valence-electron chi connectivity index (χ0n) is 8.76. The van der Waals surface area contributed by atoms with E-state index in [1.165, 1.54) is 6.07 Å². The van der Waals surface area contributed by atoms with Crippen LogP contribution in [0.15, 0.2) is 28.0 Å². The predicted octanol–water partition coefficient (Wildman–Crippen LogP) is -1.68. The van der Waals surface area contributed by atoms with Gasteiger partial charge in [-0.3, -0.25) is 4.79 Å². The number of carbonyl (C=O) groups is 1. The van der Waals surface area contributed by atoms with Crippen LogP contribution in [0.3, 0.4) is 0 Å². The van der Waals surface area contributed by atoms with Crippen LogP contribution in [0.1, 0.15) is 0 Å². The molecule has 1 aromatic rings. The molecule has 0 aliphatic carbocycles. The van der Waals surface area contributed by atoms with Crippen LogP contribution in [0, 0.1) is 0 Å². The molecule has 1 aromatic heterocycles. The van der Waals surface area contributed by atoms with Crippen molar-refractivity contribution < 1.29 is 13.2 Å². The molecule has 0 radical (unpaired) electrons. The molecule has 2 amide bonds. The lowest BCUT2D eigenvalue weighted by Crippen LogP contribution is -2.37. The van der Waals surface area contributed by atoms with E-state index in [0.29, 0.717) is 0 Å². The normalized spacial score (nSPS) is 11.1. The number of pyridine rings is 1. The lowest BCUT2D eigenvalue weighted by Gasteiger charge is -2.06. The molecule has 0 unspecified atom stereocenters. The smallest absolute Gasteiger partial charge is 0.312 e. The average molecular weight is 260 g/mol. The highest BCUT2D eigenvalue weighted by Gasteiger charge is 2.12. The summed E-state index contributed by atoms with van der Waals surface area (Å²) in [6.07, 6.45) is 1.09. The molecule has 5 N–H and O–H groups in total. The van der Waals surface area contributed by atoms with Gasteiger partial charge in [0.2, 0.25) is 15.6 Å². The van der Waals surface area contributed by atoms with Crippen LogP contribution in [-0.4, -0.2) is 32.5 Å². The van der Waals surface area contributed by atoms with Crippen LogP contribution >= 0.6 is 0 Å². The number of carbonyl (C=O) groups excluding carboxylic acids is 1. The number of aromatic nitrogens is 1. The lowest BCUT2D eigenvalue weighted by molar-refractivity contribution is 0.249. The minimum Gasteiger partial charge on any atom is -0.352 e. The largest absolute Gasteiger partial charge is 0.352 e. The molecule has 0 aliphatic rings. The lowest BCUT2D eigenvalue weighted by atomic mass is 10.5. The standard InChI is InChI=1S/C8H12N4O4S/c9-8(14)10-3-4-12-17(15,16)6-1-2-7(13)11-5-6/h1-2,5,12H,3-4H2,(H,11,13)(H3,9,10,14). The van der Waals surface area contributed by atoms with Crippen molar-refractivity contribution >= 4 is 16.1 Å². The maximum atomic E-state index is 11.6.